The molecule has 188 valence electrons. The normalized spacial score (nSPS) is 26.9. The lowest BCUT2D eigenvalue weighted by atomic mass is 9.70. The number of amides is 1. The Kier molecular flexibility index (Phi) is 6.65. The number of aryl methyl sites for hydroxylation is 1. The molecule has 2 aromatic rings. The first kappa shape index (κ1) is 24.3. The molecule has 2 bridgehead atoms. The van der Waals surface area contributed by atoms with Gasteiger partial charge in [0.2, 0.25) is 0 Å². The SMILES string of the molecule is CC(C)Cc1ccc(-c2cc3c(cc2F)C(NC(=O)O[C@H]2CN4CCC2CC4)C(C)(C)CC3)cc1. The van der Waals surface area contributed by atoms with Gasteiger partial charge in [0, 0.05) is 12.1 Å². The quantitative estimate of drug-likeness (QED) is 0.532. The second-order valence-electron chi connectivity index (χ2n) is 12.0. The number of piperidine rings is 3. The first-order valence-corrected chi connectivity index (χ1v) is 13.3. The first-order chi connectivity index (χ1) is 16.7. The standard InChI is InChI=1S/C30H39FN2O2/c1-19(2)15-20-5-7-21(8-6-20)24-16-23-9-12-30(3,4)28(25(23)17-26(24)31)32-29(34)35-27-18-33-13-10-22(27)11-14-33/h5-8,16-17,19,22,27-28H,9-15,18H2,1-4H3,(H,32,34)/t27-,28?/m0/s1. The van der Waals surface area contributed by atoms with E-state index < -0.39 is 0 Å². The van der Waals surface area contributed by atoms with E-state index in [1.165, 1.54) is 5.56 Å². The summed E-state index contributed by atoms with van der Waals surface area (Å²) >= 11 is 0. The van der Waals surface area contributed by atoms with E-state index in [-0.39, 0.29) is 29.5 Å². The van der Waals surface area contributed by atoms with Gasteiger partial charge in [-0.3, -0.25) is 4.90 Å². The van der Waals surface area contributed by atoms with Crippen LogP contribution in [0.15, 0.2) is 36.4 Å². The molecule has 3 saturated heterocycles. The highest BCUT2D eigenvalue weighted by molar-refractivity contribution is 5.70. The molecule has 1 N–H and O–H groups in total. The van der Waals surface area contributed by atoms with Gasteiger partial charge in [-0.1, -0.05) is 52.0 Å². The Morgan fingerprint density at radius 2 is 1.89 bits per heavy atom. The summed E-state index contributed by atoms with van der Waals surface area (Å²) in [5, 5.41) is 3.14. The van der Waals surface area contributed by atoms with E-state index in [1.807, 2.05) is 18.2 Å². The molecule has 6 rings (SSSR count). The van der Waals surface area contributed by atoms with Gasteiger partial charge in [0.1, 0.15) is 11.9 Å². The van der Waals surface area contributed by atoms with E-state index >= 15 is 4.39 Å². The summed E-state index contributed by atoms with van der Waals surface area (Å²) in [7, 11) is 0. The summed E-state index contributed by atoms with van der Waals surface area (Å²) in [6, 6.07) is 11.6. The van der Waals surface area contributed by atoms with Crippen LogP contribution in [0.4, 0.5) is 9.18 Å². The molecule has 3 aliphatic heterocycles. The van der Waals surface area contributed by atoms with Crippen LogP contribution in [0.1, 0.15) is 69.7 Å². The van der Waals surface area contributed by atoms with E-state index in [0.717, 1.165) is 68.4 Å². The van der Waals surface area contributed by atoms with E-state index in [0.29, 0.717) is 17.4 Å². The number of alkyl carbamates (subject to hydrolysis) is 1. The molecule has 4 aliphatic rings. The molecule has 3 heterocycles. The van der Waals surface area contributed by atoms with Gasteiger partial charge in [0.25, 0.3) is 0 Å². The van der Waals surface area contributed by atoms with Gasteiger partial charge >= 0.3 is 6.09 Å². The third-order valence-corrected chi connectivity index (χ3v) is 8.39. The maximum atomic E-state index is 15.5. The van der Waals surface area contributed by atoms with Gasteiger partial charge in [0.05, 0.1) is 6.04 Å². The molecule has 0 aromatic heterocycles. The predicted octanol–water partition coefficient (Wildman–Crippen LogP) is 6.53. The Balaban J connectivity index is 1.36. The number of nitrogens with one attached hydrogen (secondary N) is 1. The molecule has 4 nitrogen and oxygen atoms in total. The highest BCUT2D eigenvalue weighted by Crippen LogP contribution is 2.45. The molecule has 0 radical (unpaired) electrons. The molecule has 2 aromatic carbocycles. The first-order valence-electron chi connectivity index (χ1n) is 13.3. The maximum Gasteiger partial charge on any atom is 0.407 e. The number of carbonyl (C=O) groups is 1. The Morgan fingerprint density at radius 1 is 1.17 bits per heavy atom. The zero-order chi connectivity index (χ0) is 24.7. The van der Waals surface area contributed by atoms with Gasteiger partial charge in [-0.15, -0.1) is 0 Å². The maximum absolute atomic E-state index is 15.5. The van der Waals surface area contributed by atoms with E-state index in [2.05, 4.69) is 50.0 Å². The molecule has 1 amide bonds. The van der Waals surface area contributed by atoms with Crippen molar-refractivity contribution in [2.45, 2.75) is 71.9 Å². The van der Waals surface area contributed by atoms with Gasteiger partial charge in [-0.25, -0.2) is 9.18 Å². The molecular weight excluding hydrogens is 439 g/mol. The summed E-state index contributed by atoms with van der Waals surface area (Å²) in [6.07, 6.45) is 4.59. The summed E-state index contributed by atoms with van der Waals surface area (Å²) < 4.78 is 21.4. The highest BCUT2D eigenvalue weighted by atomic mass is 19.1. The van der Waals surface area contributed by atoms with Gasteiger partial charge in [-0.05, 0) is 96.8 Å². The summed E-state index contributed by atoms with van der Waals surface area (Å²) in [6.45, 7) is 11.7. The highest BCUT2D eigenvalue weighted by Gasteiger charge is 2.40. The smallest absolute Gasteiger partial charge is 0.407 e. The van der Waals surface area contributed by atoms with Crippen LogP contribution in [-0.4, -0.2) is 36.7 Å². The van der Waals surface area contributed by atoms with Crippen molar-refractivity contribution in [2.75, 3.05) is 19.6 Å². The average Bonchev–Trinajstić information content (AvgIpc) is 2.82. The number of hydrogen-bond donors (Lipinski definition) is 1. The molecule has 35 heavy (non-hydrogen) atoms. The predicted molar refractivity (Wildman–Crippen MR) is 138 cm³/mol. The Labute approximate surface area is 209 Å². The largest absolute Gasteiger partial charge is 0.445 e. The van der Waals surface area contributed by atoms with Crippen LogP contribution < -0.4 is 5.32 Å². The Bertz CT molecular complexity index is 1070. The van der Waals surface area contributed by atoms with Gasteiger partial charge in [0.15, 0.2) is 0 Å². The zero-order valence-corrected chi connectivity index (χ0v) is 21.6. The van der Waals surface area contributed by atoms with Crippen LogP contribution in [0, 0.1) is 23.1 Å². The molecule has 3 fully saturated rings. The van der Waals surface area contributed by atoms with E-state index in [4.69, 9.17) is 4.74 Å². The van der Waals surface area contributed by atoms with Crippen molar-refractivity contribution in [3.05, 3.63) is 58.9 Å². The third kappa shape index (κ3) is 5.11. The molecular formula is C30H39FN2O2. The number of nitrogens with zero attached hydrogens (tertiary/aromatic N) is 1. The molecule has 1 aliphatic carbocycles. The van der Waals surface area contributed by atoms with Gasteiger partial charge < -0.3 is 10.1 Å². The molecule has 0 saturated carbocycles. The van der Waals surface area contributed by atoms with Gasteiger partial charge in [-0.2, -0.15) is 0 Å². The lowest BCUT2D eigenvalue weighted by Crippen LogP contribution is -2.53. The summed E-state index contributed by atoms with van der Waals surface area (Å²) in [4.78, 5) is 15.4. The molecule has 2 atom stereocenters. The number of rotatable bonds is 5. The lowest BCUT2D eigenvalue weighted by molar-refractivity contribution is -0.0353. The second-order valence-corrected chi connectivity index (χ2v) is 12.0. The van der Waals surface area contributed by atoms with Crippen LogP contribution >= 0.6 is 0 Å². The van der Waals surface area contributed by atoms with Crippen molar-refractivity contribution in [2.24, 2.45) is 17.3 Å². The average molecular weight is 479 g/mol. The summed E-state index contributed by atoms with van der Waals surface area (Å²) in [5.41, 5.74) is 4.61. The summed E-state index contributed by atoms with van der Waals surface area (Å²) in [5.74, 6) is 0.812. The van der Waals surface area contributed by atoms with Crippen molar-refractivity contribution in [1.29, 1.82) is 0 Å². The number of halogens is 1. The zero-order valence-electron chi connectivity index (χ0n) is 21.6. The molecule has 0 spiro atoms. The van der Waals surface area contributed by atoms with Crippen LogP contribution in [0.25, 0.3) is 11.1 Å². The van der Waals surface area contributed by atoms with Crippen molar-refractivity contribution in [3.8, 4) is 11.1 Å². The van der Waals surface area contributed by atoms with Crippen molar-refractivity contribution >= 4 is 6.09 Å². The number of hydrogen-bond acceptors (Lipinski definition) is 3. The van der Waals surface area contributed by atoms with Crippen LogP contribution in [-0.2, 0) is 17.6 Å². The number of carbonyl (C=O) groups excluding carboxylic acids is 1. The van der Waals surface area contributed by atoms with E-state index in [1.54, 1.807) is 6.07 Å². The van der Waals surface area contributed by atoms with Crippen molar-refractivity contribution in [3.63, 3.8) is 0 Å². The number of ether oxygens (including phenoxy) is 1. The minimum atomic E-state index is -0.375. The Morgan fingerprint density at radius 3 is 2.51 bits per heavy atom. The van der Waals surface area contributed by atoms with E-state index in [9.17, 15) is 4.79 Å². The van der Waals surface area contributed by atoms with Crippen LogP contribution in [0.2, 0.25) is 0 Å². The minimum Gasteiger partial charge on any atom is -0.445 e. The van der Waals surface area contributed by atoms with Crippen LogP contribution in [0.3, 0.4) is 0 Å². The minimum absolute atomic E-state index is 0.0403. The van der Waals surface area contributed by atoms with Crippen molar-refractivity contribution in [1.82, 2.24) is 10.2 Å². The fraction of sp³-hybridized carbons (Fsp3) is 0.567. The lowest BCUT2D eigenvalue weighted by Gasteiger charge is -2.44. The molecule has 1 unspecified atom stereocenters. The Hall–Kier alpha value is -2.40. The fourth-order valence-electron chi connectivity index (χ4n) is 6.26. The third-order valence-electron chi connectivity index (χ3n) is 8.39. The molecule has 5 heteroatoms. The number of fused-ring (bicyclic) bond motifs is 4. The number of benzene rings is 2. The van der Waals surface area contributed by atoms with Crippen molar-refractivity contribution < 1.29 is 13.9 Å². The fourth-order valence-corrected chi connectivity index (χ4v) is 6.26. The second kappa shape index (κ2) is 9.57. The topological polar surface area (TPSA) is 41.6 Å². The monoisotopic (exact) mass is 478 g/mol. The van der Waals surface area contributed by atoms with Crippen LogP contribution in [0.5, 0.6) is 0 Å².